The number of halogens is 5. The number of hydrogen-bond acceptors (Lipinski definition) is 4. The molecule has 0 aliphatic heterocycles. The van der Waals surface area contributed by atoms with Gasteiger partial charge in [-0.05, 0) is 49.6 Å². The SMILES string of the molecule is CCOC(=O)C[C@H](N)c1cc(-c2c(C)ccc(C)c2O)cc(C(F)(F)F)c1F.Cl. The van der Waals surface area contributed by atoms with Gasteiger partial charge in [-0.2, -0.15) is 13.2 Å². The normalized spacial score (nSPS) is 12.3. The van der Waals surface area contributed by atoms with Crippen LogP contribution in [0.25, 0.3) is 11.1 Å². The van der Waals surface area contributed by atoms with Crippen LogP contribution in [0.4, 0.5) is 17.6 Å². The largest absolute Gasteiger partial charge is 0.507 e. The fourth-order valence-electron chi connectivity index (χ4n) is 2.94. The van der Waals surface area contributed by atoms with Crippen molar-refractivity contribution >= 4 is 18.4 Å². The van der Waals surface area contributed by atoms with Gasteiger partial charge in [0.2, 0.25) is 0 Å². The van der Waals surface area contributed by atoms with Gasteiger partial charge in [-0.1, -0.05) is 12.1 Å². The molecule has 0 heterocycles. The third-order valence-electron chi connectivity index (χ3n) is 4.37. The number of carbonyl (C=O) groups excluding carboxylic acids is 1. The molecule has 2 aromatic rings. The van der Waals surface area contributed by atoms with Crippen molar-refractivity contribution in [1.82, 2.24) is 0 Å². The first-order valence-corrected chi connectivity index (χ1v) is 8.58. The van der Waals surface area contributed by atoms with Crippen molar-refractivity contribution in [3.63, 3.8) is 0 Å². The number of phenols is 1. The first-order valence-electron chi connectivity index (χ1n) is 8.58. The fourth-order valence-corrected chi connectivity index (χ4v) is 2.94. The Labute approximate surface area is 172 Å². The van der Waals surface area contributed by atoms with Crippen LogP contribution in [0.1, 0.15) is 41.6 Å². The molecule has 0 aromatic heterocycles. The van der Waals surface area contributed by atoms with Gasteiger partial charge in [0.15, 0.2) is 0 Å². The molecule has 0 fully saturated rings. The number of aromatic hydroxyl groups is 1. The quantitative estimate of drug-likeness (QED) is 0.499. The maximum absolute atomic E-state index is 14.6. The summed E-state index contributed by atoms with van der Waals surface area (Å²) < 4.78 is 59.6. The van der Waals surface area contributed by atoms with Crippen molar-refractivity contribution in [1.29, 1.82) is 0 Å². The molecule has 2 aromatic carbocycles. The summed E-state index contributed by atoms with van der Waals surface area (Å²) in [5.41, 5.74) is 4.90. The van der Waals surface area contributed by atoms with Crippen molar-refractivity contribution in [2.75, 3.05) is 6.61 Å². The van der Waals surface area contributed by atoms with Crippen molar-refractivity contribution in [3.05, 3.63) is 52.3 Å². The second kappa shape index (κ2) is 9.45. The van der Waals surface area contributed by atoms with Gasteiger partial charge in [0.1, 0.15) is 11.6 Å². The molecule has 0 unspecified atom stereocenters. The molecule has 4 nitrogen and oxygen atoms in total. The Morgan fingerprint density at radius 1 is 1.21 bits per heavy atom. The van der Waals surface area contributed by atoms with Crippen LogP contribution in [0, 0.1) is 19.7 Å². The van der Waals surface area contributed by atoms with Crippen LogP contribution in [-0.4, -0.2) is 17.7 Å². The maximum atomic E-state index is 14.6. The van der Waals surface area contributed by atoms with E-state index < -0.39 is 41.6 Å². The summed E-state index contributed by atoms with van der Waals surface area (Å²) in [6.07, 6.45) is -5.46. The number of phenolic OH excluding ortho intramolecular Hbond substituents is 1. The predicted molar refractivity (Wildman–Crippen MR) is 103 cm³/mol. The van der Waals surface area contributed by atoms with E-state index in [0.29, 0.717) is 17.2 Å². The number of ether oxygens (including phenoxy) is 1. The smallest absolute Gasteiger partial charge is 0.419 e. The van der Waals surface area contributed by atoms with E-state index in [1.165, 1.54) is 0 Å². The van der Waals surface area contributed by atoms with E-state index in [1.54, 1.807) is 32.9 Å². The summed E-state index contributed by atoms with van der Waals surface area (Å²) in [6.45, 7) is 4.84. The highest BCUT2D eigenvalue weighted by Gasteiger charge is 2.37. The summed E-state index contributed by atoms with van der Waals surface area (Å²) in [5.74, 6) is -2.49. The monoisotopic (exact) mass is 435 g/mol. The summed E-state index contributed by atoms with van der Waals surface area (Å²) in [5, 5.41) is 10.4. The lowest BCUT2D eigenvalue weighted by Crippen LogP contribution is -2.20. The van der Waals surface area contributed by atoms with Crippen molar-refractivity contribution in [2.45, 2.75) is 39.4 Å². The Kier molecular flexibility index (Phi) is 8.06. The molecule has 0 saturated heterocycles. The van der Waals surface area contributed by atoms with Crippen molar-refractivity contribution in [2.24, 2.45) is 5.73 Å². The summed E-state index contributed by atoms with van der Waals surface area (Å²) >= 11 is 0. The molecule has 9 heteroatoms. The molecular formula is C20H22ClF4NO3. The van der Waals surface area contributed by atoms with Gasteiger partial charge >= 0.3 is 12.1 Å². The second-order valence-electron chi connectivity index (χ2n) is 6.46. The molecule has 0 aliphatic rings. The standard InChI is InChI=1S/C20H21F4NO3.ClH/c1-4-28-16(26)9-15(25)13-7-12(8-14(18(13)21)20(22,23)24)17-10(2)5-6-11(3)19(17)27;/h5-8,15,27H,4,9,25H2,1-3H3;1H/t15-;/m0./s1. The number of esters is 1. The maximum Gasteiger partial charge on any atom is 0.419 e. The highest BCUT2D eigenvalue weighted by molar-refractivity contribution is 5.85. The van der Waals surface area contributed by atoms with Crippen LogP contribution in [0.2, 0.25) is 0 Å². The van der Waals surface area contributed by atoms with E-state index in [9.17, 15) is 27.5 Å². The lowest BCUT2D eigenvalue weighted by atomic mass is 9.91. The molecule has 1 atom stereocenters. The Bertz CT molecular complexity index is 900. The zero-order chi connectivity index (χ0) is 21.2. The number of alkyl halides is 3. The molecule has 0 radical (unpaired) electrons. The van der Waals surface area contributed by atoms with Crippen molar-refractivity contribution in [3.8, 4) is 16.9 Å². The molecular weight excluding hydrogens is 414 g/mol. The van der Waals surface area contributed by atoms with Crippen LogP contribution >= 0.6 is 12.4 Å². The first-order chi connectivity index (χ1) is 13.0. The van der Waals surface area contributed by atoms with E-state index in [0.717, 1.165) is 6.07 Å². The minimum Gasteiger partial charge on any atom is -0.507 e. The number of aryl methyl sites for hydroxylation is 2. The van der Waals surface area contributed by atoms with Crippen LogP contribution < -0.4 is 5.73 Å². The predicted octanol–water partition coefficient (Wildman–Crippen LogP) is 5.21. The molecule has 0 bridgehead atoms. The van der Waals surface area contributed by atoms with Gasteiger partial charge in [-0.25, -0.2) is 4.39 Å². The number of nitrogens with two attached hydrogens (primary N) is 1. The van der Waals surface area contributed by atoms with Gasteiger partial charge in [0.05, 0.1) is 18.6 Å². The second-order valence-corrected chi connectivity index (χ2v) is 6.46. The van der Waals surface area contributed by atoms with Gasteiger partial charge in [-0.15, -0.1) is 12.4 Å². The van der Waals surface area contributed by atoms with Gasteiger partial charge in [-0.3, -0.25) is 4.79 Å². The lowest BCUT2D eigenvalue weighted by Gasteiger charge is -2.19. The molecule has 0 amide bonds. The number of benzene rings is 2. The average Bonchev–Trinajstić information content (AvgIpc) is 2.58. The number of rotatable bonds is 5. The molecule has 0 aliphatic carbocycles. The van der Waals surface area contributed by atoms with E-state index in [4.69, 9.17) is 10.5 Å². The number of carbonyl (C=O) groups is 1. The minimum atomic E-state index is -4.98. The Morgan fingerprint density at radius 2 is 1.79 bits per heavy atom. The van der Waals surface area contributed by atoms with Crippen LogP contribution in [-0.2, 0) is 15.7 Å². The minimum absolute atomic E-state index is 0. The molecule has 160 valence electrons. The van der Waals surface area contributed by atoms with E-state index in [1.807, 2.05) is 0 Å². The highest BCUT2D eigenvalue weighted by atomic mass is 35.5. The van der Waals surface area contributed by atoms with Gasteiger partial charge in [0.25, 0.3) is 0 Å². The van der Waals surface area contributed by atoms with Crippen molar-refractivity contribution < 1.29 is 32.2 Å². The molecule has 0 saturated carbocycles. The Hall–Kier alpha value is -2.32. The van der Waals surface area contributed by atoms with E-state index in [-0.39, 0.29) is 35.9 Å². The zero-order valence-electron chi connectivity index (χ0n) is 16.1. The third-order valence-corrected chi connectivity index (χ3v) is 4.37. The molecule has 29 heavy (non-hydrogen) atoms. The highest BCUT2D eigenvalue weighted by Crippen LogP contribution is 2.41. The lowest BCUT2D eigenvalue weighted by molar-refractivity contribution is -0.143. The summed E-state index contributed by atoms with van der Waals surface area (Å²) in [7, 11) is 0. The van der Waals surface area contributed by atoms with Crippen LogP contribution in [0.3, 0.4) is 0 Å². The zero-order valence-corrected chi connectivity index (χ0v) is 16.9. The van der Waals surface area contributed by atoms with E-state index >= 15 is 0 Å². The van der Waals surface area contributed by atoms with Gasteiger partial charge in [0, 0.05) is 17.2 Å². The molecule has 3 N–H and O–H groups in total. The Morgan fingerprint density at radius 3 is 2.34 bits per heavy atom. The average molecular weight is 436 g/mol. The topological polar surface area (TPSA) is 72.5 Å². The number of hydrogen-bond donors (Lipinski definition) is 2. The summed E-state index contributed by atoms with van der Waals surface area (Å²) in [4.78, 5) is 11.6. The Balaban J connectivity index is 0.00000420. The fraction of sp³-hybridized carbons (Fsp3) is 0.350. The molecule has 2 rings (SSSR count). The summed E-state index contributed by atoms with van der Waals surface area (Å²) in [6, 6.07) is 3.69. The van der Waals surface area contributed by atoms with E-state index in [2.05, 4.69) is 0 Å². The van der Waals surface area contributed by atoms with Gasteiger partial charge < -0.3 is 15.6 Å². The van der Waals surface area contributed by atoms with Crippen LogP contribution in [0.15, 0.2) is 24.3 Å². The van der Waals surface area contributed by atoms with Crippen LogP contribution in [0.5, 0.6) is 5.75 Å². The first kappa shape index (κ1) is 24.7. The third kappa shape index (κ3) is 5.39. The molecule has 0 spiro atoms.